The summed E-state index contributed by atoms with van der Waals surface area (Å²) in [5.41, 5.74) is 4.13. The van der Waals surface area contributed by atoms with Crippen molar-refractivity contribution in [3.05, 3.63) is 155 Å². The van der Waals surface area contributed by atoms with Crippen LogP contribution in [0.1, 0.15) is 32.3 Å². The number of nitrogens with one attached hydrogen (secondary N) is 3. The molecule has 5 rings (SSSR count). The Kier molecular flexibility index (Phi) is 11.3. The van der Waals surface area contributed by atoms with Gasteiger partial charge in [-0.1, -0.05) is 84.4 Å². The van der Waals surface area contributed by atoms with Crippen molar-refractivity contribution in [3.63, 3.8) is 0 Å². The van der Waals surface area contributed by atoms with Gasteiger partial charge in [-0.25, -0.2) is 0 Å². The number of carbonyl (C=O) groups excluding carboxylic acids is 3. The summed E-state index contributed by atoms with van der Waals surface area (Å²) in [6, 6.07) is 38.2. The van der Waals surface area contributed by atoms with E-state index in [4.69, 9.17) is 9.47 Å². The number of thioether (sulfide) groups is 1. The topological polar surface area (TPSA) is 106 Å². The molecule has 0 aliphatic rings. The maximum Gasteiger partial charge on any atom is 0.272 e. The van der Waals surface area contributed by atoms with E-state index >= 15 is 0 Å². The van der Waals surface area contributed by atoms with Gasteiger partial charge in [0.15, 0.2) is 0 Å². The Morgan fingerprint density at radius 3 is 2.02 bits per heavy atom. The molecule has 8 nitrogen and oxygen atoms in total. The molecule has 3 N–H and O–H groups in total. The fraction of sp³-hybridized carbons (Fsp3) is 0.103. The Bertz CT molecular complexity index is 1910. The van der Waals surface area contributed by atoms with Gasteiger partial charge in [0.25, 0.3) is 11.8 Å². The van der Waals surface area contributed by atoms with E-state index in [2.05, 4.69) is 16.0 Å². The molecular weight excluding hydrogens is 623 g/mol. The van der Waals surface area contributed by atoms with Crippen LogP contribution in [0.4, 0.5) is 11.4 Å². The summed E-state index contributed by atoms with van der Waals surface area (Å²) in [6.45, 7) is 1.96. The number of hydrogen-bond donors (Lipinski definition) is 3. The first-order valence-electron chi connectivity index (χ1n) is 15.1. The maximum absolute atomic E-state index is 13.8. The molecule has 0 fully saturated rings. The van der Waals surface area contributed by atoms with Gasteiger partial charge in [-0.3, -0.25) is 14.4 Å². The van der Waals surface area contributed by atoms with Crippen LogP contribution < -0.4 is 25.4 Å². The van der Waals surface area contributed by atoms with Crippen LogP contribution in [-0.2, 0) is 9.59 Å². The Balaban J connectivity index is 1.38. The molecule has 0 aliphatic carbocycles. The van der Waals surface area contributed by atoms with E-state index < -0.39 is 17.1 Å². The minimum Gasteiger partial charge on any atom is -0.497 e. The predicted molar refractivity (Wildman–Crippen MR) is 191 cm³/mol. The van der Waals surface area contributed by atoms with E-state index in [-0.39, 0.29) is 11.6 Å². The number of anilines is 2. The zero-order valence-electron chi connectivity index (χ0n) is 26.7. The van der Waals surface area contributed by atoms with Crippen LogP contribution in [0.25, 0.3) is 6.08 Å². The summed E-state index contributed by atoms with van der Waals surface area (Å²) in [6.07, 6.45) is 1.64. The van der Waals surface area contributed by atoms with E-state index in [1.807, 2.05) is 73.7 Å². The van der Waals surface area contributed by atoms with Gasteiger partial charge < -0.3 is 25.4 Å². The standard InChI is InChI=1S/C39H35N3O5S/c1-26-12-10-13-27(20-26)21-35(42-37(43)29-16-8-5-9-17-29)38(44)40-30-18-11-19-34(24-30)48-36(28-14-6-4-7-15-28)39(45)41-31-22-32(46-2)25-33(23-31)47-3/h4-25,36H,1-3H3,(H,40,44)(H,41,45)(H,42,43)/b35-21+. The van der Waals surface area contributed by atoms with Gasteiger partial charge >= 0.3 is 0 Å². The minimum absolute atomic E-state index is 0.0859. The summed E-state index contributed by atoms with van der Waals surface area (Å²) >= 11 is 1.34. The third-order valence-corrected chi connectivity index (χ3v) is 8.44. The van der Waals surface area contributed by atoms with Crippen molar-refractivity contribution in [1.29, 1.82) is 0 Å². The molecule has 0 bridgehead atoms. The lowest BCUT2D eigenvalue weighted by molar-refractivity contribution is -0.116. The summed E-state index contributed by atoms with van der Waals surface area (Å²) in [5.74, 6) is -0.0462. The third kappa shape index (κ3) is 9.14. The predicted octanol–water partition coefficient (Wildman–Crippen LogP) is 7.89. The lowest BCUT2D eigenvalue weighted by atomic mass is 10.1. The zero-order valence-corrected chi connectivity index (χ0v) is 27.5. The number of carbonyl (C=O) groups is 3. The third-order valence-electron chi connectivity index (χ3n) is 7.19. The van der Waals surface area contributed by atoms with Crippen LogP contribution in [-0.4, -0.2) is 31.9 Å². The van der Waals surface area contributed by atoms with Crippen molar-refractivity contribution in [2.45, 2.75) is 17.1 Å². The number of amides is 3. The van der Waals surface area contributed by atoms with Crippen molar-refractivity contribution in [3.8, 4) is 11.5 Å². The molecule has 9 heteroatoms. The van der Waals surface area contributed by atoms with Crippen LogP contribution in [0.3, 0.4) is 0 Å². The summed E-state index contributed by atoms with van der Waals surface area (Å²) in [5, 5.41) is 8.06. The average molecular weight is 658 g/mol. The molecule has 0 aromatic heterocycles. The van der Waals surface area contributed by atoms with Crippen molar-refractivity contribution in [1.82, 2.24) is 5.32 Å². The molecule has 0 heterocycles. The second kappa shape index (κ2) is 16.2. The molecule has 1 unspecified atom stereocenters. The van der Waals surface area contributed by atoms with Gasteiger partial charge in [-0.2, -0.15) is 0 Å². The maximum atomic E-state index is 13.8. The molecule has 5 aromatic rings. The van der Waals surface area contributed by atoms with Gasteiger partial charge in [-0.15, -0.1) is 11.8 Å². The Morgan fingerprint density at radius 2 is 1.35 bits per heavy atom. The number of ether oxygens (including phenoxy) is 2. The van der Waals surface area contributed by atoms with E-state index in [1.165, 1.54) is 11.8 Å². The highest BCUT2D eigenvalue weighted by Gasteiger charge is 2.23. The van der Waals surface area contributed by atoms with Gasteiger partial charge in [0.05, 0.1) is 14.2 Å². The number of aryl methyl sites for hydroxylation is 1. The second-order valence-electron chi connectivity index (χ2n) is 10.8. The first-order chi connectivity index (χ1) is 23.3. The summed E-state index contributed by atoms with van der Waals surface area (Å²) in [4.78, 5) is 41.2. The van der Waals surface area contributed by atoms with Crippen LogP contribution in [0.5, 0.6) is 11.5 Å². The number of rotatable bonds is 12. The monoisotopic (exact) mass is 657 g/mol. The molecule has 0 spiro atoms. The number of hydrogen-bond acceptors (Lipinski definition) is 6. The highest BCUT2D eigenvalue weighted by atomic mass is 32.2. The first kappa shape index (κ1) is 33.6. The van der Waals surface area contributed by atoms with E-state index in [0.29, 0.717) is 28.4 Å². The molecule has 0 aliphatic heterocycles. The molecule has 0 radical (unpaired) electrons. The van der Waals surface area contributed by atoms with Crippen molar-refractivity contribution < 1.29 is 23.9 Å². The molecule has 5 aromatic carbocycles. The van der Waals surface area contributed by atoms with Gasteiger partial charge in [0.2, 0.25) is 5.91 Å². The minimum atomic E-state index is -0.628. The summed E-state index contributed by atoms with van der Waals surface area (Å²) < 4.78 is 10.7. The number of benzene rings is 5. The van der Waals surface area contributed by atoms with E-state index in [9.17, 15) is 14.4 Å². The molecule has 3 amide bonds. The quantitative estimate of drug-likeness (QED) is 0.0931. The first-order valence-corrected chi connectivity index (χ1v) is 16.0. The molecule has 1 atom stereocenters. The molecule has 242 valence electrons. The van der Waals surface area contributed by atoms with Crippen molar-refractivity contribution in [2.75, 3.05) is 24.9 Å². The smallest absolute Gasteiger partial charge is 0.272 e. The zero-order chi connectivity index (χ0) is 33.9. The summed E-state index contributed by atoms with van der Waals surface area (Å²) in [7, 11) is 3.10. The van der Waals surface area contributed by atoms with Crippen LogP contribution in [0.2, 0.25) is 0 Å². The fourth-order valence-electron chi connectivity index (χ4n) is 4.84. The Labute approximate surface area is 284 Å². The van der Waals surface area contributed by atoms with Crippen molar-refractivity contribution >= 4 is 46.9 Å². The van der Waals surface area contributed by atoms with E-state index in [1.54, 1.807) is 81.0 Å². The van der Waals surface area contributed by atoms with Gasteiger partial charge in [0, 0.05) is 40.0 Å². The number of methoxy groups -OCH3 is 2. The normalized spacial score (nSPS) is 11.6. The second-order valence-corrected chi connectivity index (χ2v) is 12.0. The van der Waals surface area contributed by atoms with Gasteiger partial charge in [-0.05, 0) is 54.5 Å². The molecule has 48 heavy (non-hydrogen) atoms. The average Bonchev–Trinajstić information content (AvgIpc) is 3.11. The lowest BCUT2D eigenvalue weighted by Gasteiger charge is -2.18. The van der Waals surface area contributed by atoms with Crippen LogP contribution in [0.15, 0.2) is 138 Å². The van der Waals surface area contributed by atoms with Crippen molar-refractivity contribution in [2.24, 2.45) is 0 Å². The Hall–Kier alpha value is -5.80. The molecular formula is C39H35N3O5S. The molecule has 0 saturated heterocycles. The van der Waals surface area contributed by atoms with Gasteiger partial charge in [0.1, 0.15) is 22.4 Å². The van der Waals surface area contributed by atoms with E-state index in [0.717, 1.165) is 21.6 Å². The fourth-order valence-corrected chi connectivity index (χ4v) is 5.92. The Morgan fingerprint density at radius 1 is 0.688 bits per heavy atom. The largest absolute Gasteiger partial charge is 0.497 e. The lowest BCUT2D eigenvalue weighted by Crippen LogP contribution is -2.30. The van der Waals surface area contributed by atoms with Crippen LogP contribution >= 0.6 is 11.8 Å². The SMILES string of the molecule is COc1cc(NC(=O)C(Sc2cccc(NC(=O)/C(=C\c3cccc(C)c3)NC(=O)c3ccccc3)c2)c2ccccc2)cc(OC)c1. The highest BCUT2D eigenvalue weighted by Crippen LogP contribution is 2.38. The van der Waals surface area contributed by atoms with Crippen LogP contribution in [0, 0.1) is 6.92 Å². The highest BCUT2D eigenvalue weighted by molar-refractivity contribution is 8.00. The molecule has 0 saturated carbocycles.